The van der Waals surface area contributed by atoms with Crippen LogP contribution in [0, 0.1) is 0 Å². The van der Waals surface area contributed by atoms with E-state index in [-0.39, 0.29) is 28.5 Å². The predicted octanol–water partition coefficient (Wildman–Crippen LogP) is 3.45. The lowest BCUT2D eigenvalue weighted by atomic mass is 10.0. The highest BCUT2D eigenvalue weighted by Gasteiger charge is 2.20. The van der Waals surface area contributed by atoms with Gasteiger partial charge in [-0.1, -0.05) is 20.8 Å². The number of rotatable bonds is 7. The molecule has 174 valence electrons. The number of nitrogens with zero attached hydrogens (tertiary/aromatic N) is 4. The van der Waals surface area contributed by atoms with E-state index in [4.69, 9.17) is 4.74 Å². The molecule has 10 heteroatoms. The quantitative estimate of drug-likeness (QED) is 0.432. The normalized spacial score (nSPS) is 11.1. The molecular weight excluding hydrogens is 436 g/mol. The molecule has 0 saturated carbocycles. The minimum atomic E-state index is -0.646. The average Bonchev–Trinajstić information content (AvgIpc) is 2.82. The third-order valence-electron chi connectivity index (χ3n) is 5.12. The van der Waals surface area contributed by atoms with Crippen LogP contribution in [-0.2, 0) is 6.54 Å². The van der Waals surface area contributed by atoms with E-state index >= 15 is 0 Å². The molecule has 0 atom stereocenters. The molecule has 2 N–H and O–H groups in total. The van der Waals surface area contributed by atoms with Crippen molar-refractivity contribution in [3.63, 3.8) is 0 Å². The van der Waals surface area contributed by atoms with E-state index in [1.54, 1.807) is 48.8 Å². The van der Waals surface area contributed by atoms with Gasteiger partial charge in [0.25, 0.3) is 11.5 Å². The Hall–Kier alpha value is -4.34. The Morgan fingerprint density at radius 1 is 1.15 bits per heavy atom. The number of anilines is 1. The van der Waals surface area contributed by atoms with Crippen molar-refractivity contribution < 1.29 is 9.53 Å². The first kappa shape index (κ1) is 22.8. The Kier molecular flexibility index (Phi) is 6.48. The van der Waals surface area contributed by atoms with Crippen molar-refractivity contribution in [2.24, 2.45) is 0 Å². The number of aromatic nitrogens is 5. The second-order valence-electron chi connectivity index (χ2n) is 7.97. The van der Waals surface area contributed by atoms with Crippen LogP contribution in [0.15, 0.2) is 58.4 Å². The maximum absolute atomic E-state index is 13.3. The molecule has 0 spiro atoms. The fraction of sp³-hybridized carbons (Fsp3) is 0.250. The number of hydrogen-bond acceptors (Lipinski definition) is 7. The van der Waals surface area contributed by atoms with Crippen LogP contribution >= 0.6 is 0 Å². The van der Waals surface area contributed by atoms with E-state index in [9.17, 15) is 14.4 Å². The number of carbonyl (C=O) groups is 1. The molecule has 0 aliphatic carbocycles. The molecule has 0 radical (unpaired) electrons. The number of aromatic amines is 1. The number of carbonyl (C=O) groups excluding carboxylic acids is 1. The van der Waals surface area contributed by atoms with Gasteiger partial charge in [-0.05, 0) is 48.7 Å². The molecule has 0 fully saturated rings. The monoisotopic (exact) mass is 460 g/mol. The minimum absolute atomic E-state index is 0.0166. The second kappa shape index (κ2) is 9.65. The summed E-state index contributed by atoms with van der Waals surface area (Å²) in [5, 5.41) is 2.89. The SMILES string of the molecule is CCCn1c(=O)[nH]c(=O)c2c(C(=O)Nc3ccc(Oc4ncccn4)cc3)cc(C(C)C)nc21. The number of ether oxygens (including phenoxy) is 1. The van der Waals surface area contributed by atoms with Gasteiger partial charge in [0.2, 0.25) is 0 Å². The van der Waals surface area contributed by atoms with Gasteiger partial charge in [0, 0.05) is 30.3 Å². The maximum atomic E-state index is 13.3. The zero-order valence-corrected chi connectivity index (χ0v) is 19.0. The first-order valence-corrected chi connectivity index (χ1v) is 10.9. The summed E-state index contributed by atoms with van der Waals surface area (Å²) in [6.45, 7) is 6.15. The maximum Gasteiger partial charge on any atom is 0.329 e. The third-order valence-corrected chi connectivity index (χ3v) is 5.12. The van der Waals surface area contributed by atoms with Crippen molar-refractivity contribution in [2.75, 3.05) is 5.32 Å². The summed E-state index contributed by atoms with van der Waals surface area (Å²) >= 11 is 0. The lowest BCUT2D eigenvalue weighted by Crippen LogP contribution is -2.32. The average molecular weight is 460 g/mol. The number of nitrogens with one attached hydrogen (secondary N) is 2. The Morgan fingerprint density at radius 3 is 2.50 bits per heavy atom. The molecule has 0 unspecified atom stereocenters. The summed E-state index contributed by atoms with van der Waals surface area (Å²) in [5.74, 6) is -0.000654. The van der Waals surface area contributed by atoms with Gasteiger partial charge in [0.1, 0.15) is 5.75 Å². The molecular formula is C24H24N6O4. The van der Waals surface area contributed by atoms with Gasteiger partial charge >= 0.3 is 11.7 Å². The summed E-state index contributed by atoms with van der Waals surface area (Å²) in [6, 6.07) is 10.2. The van der Waals surface area contributed by atoms with Crippen molar-refractivity contribution in [2.45, 2.75) is 39.7 Å². The molecule has 3 heterocycles. The topological polar surface area (TPSA) is 132 Å². The molecule has 10 nitrogen and oxygen atoms in total. The van der Waals surface area contributed by atoms with E-state index in [2.05, 4.69) is 25.3 Å². The number of aryl methyl sites for hydroxylation is 1. The Balaban J connectivity index is 1.70. The van der Waals surface area contributed by atoms with Gasteiger partial charge in [-0.3, -0.25) is 19.1 Å². The predicted molar refractivity (Wildman–Crippen MR) is 128 cm³/mol. The molecule has 3 aromatic heterocycles. The van der Waals surface area contributed by atoms with Gasteiger partial charge in [-0.25, -0.2) is 19.7 Å². The Morgan fingerprint density at radius 2 is 1.85 bits per heavy atom. The number of amides is 1. The van der Waals surface area contributed by atoms with Gasteiger partial charge in [0.05, 0.1) is 10.9 Å². The molecule has 1 amide bonds. The number of benzene rings is 1. The highest BCUT2D eigenvalue weighted by Crippen LogP contribution is 2.23. The van der Waals surface area contributed by atoms with Crippen LogP contribution < -0.4 is 21.3 Å². The van der Waals surface area contributed by atoms with Crippen molar-refractivity contribution >= 4 is 22.6 Å². The molecule has 1 aromatic carbocycles. The smallest absolute Gasteiger partial charge is 0.329 e. The van der Waals surface area contributed by atoms with Crippen LogP contribution in [0.1, 0.15) is 49.2 Å². The minimum Gasteiger partial charge on any atom is -0.424 e. The standard InChI is InChI=1S/C24H24N6O4/c1-4-12-30-20-19(22(32)29-24(30)33)17(13-18(28-20)14(2)3)21(31)27-15-6-8-16(9-7-15)34-23-25-10-5-11-26-23/h5-11,13-14H,4,12H2,1-3H3,(H,27,31)(H,29,32,33). The zero-order chi connectivity index (χ0) is 24.2. The summed E-state index contributed by atoms with van der Waals surface area (Å²) < 4.78 is 6.96. The number of H-pyrrole nitrogens is 1. The molecule has 4 aromatic rings. The van der Waals surface area contributed by atoms with Crippen molar-refractivity contribution in [3.8, 4) is 11.8 Å². The molecule has 0 saturated heterocycles. The fourth-order valence-corrected chi connectivity index (χ4v) is 3.45. The number of pyridine rings is 1. The van der Waals surface area contributed by atoms with Crippen LogP contribution in [0.25, 0.3) is 11.0 Å². The second-order valence-corrected chi connectivity index (χ2v) is 7.97. The molecule has 4 rings (SSSR count). The third kappa shape index (κ3) is 4.70. The van der Waals surface area contributed by atoms with E-state index in [0.717, 1.165) is 0 Å². The number of fused-ring (bicyclic) bond motifs is 1. The van der Waals surface area contributed by atoms with Crippen molar-refractivity contribution in [1.82, 2.24) is 24.5 Å². The molecule has 34 heavy (non-hydrogen) atoms. The van der Waals surface area contributed by atoms with E-state index < -0.39 is 17.2 Å². The van der Waals surface area contributed by atoms with E-state index in [0.29, 0.717) is 30.1 Å². The summed E-state index contributed by atoms with van der Waals surface area (Å²) in [4.78, 5) is 53.2. The number of hydrogen-bond donors (Lipinski definition) is 2. The van der Waals surface area contributed by atoms with Gasteiger partial charge in [0.15, 0.2) is 5.65 Å². The van der Waals surface area contributed by atoms with Gasteiger partial charge in [-0.2, -0.15) is 0 Å². The van der Waals surface area contributed by atoms with Crippen LogP contribution in [0.4, 0.5) is 5.69 Å². The van der Waals surface area contributed by atoms with Crippen LogP contribution in [0.5, 0.6) is 11.8 Å². The summed E-state index contributed by atoms with van der Waals surface area (Å²) in [5.41, 5.74) is 0.278. The molecule has 0 aliphatic heterocycles. The van der Waals surface area contributed by atoms with E-state index in [1.165, 1.54) is 4.57 Å². The van der Waals surface area contributed by atoms with Crippen LogP contribution in [0.2, 0.25) is 0 Å². The lowest BCUT2D eigenvalue weighted by molar-refractivity contribution is 0.102. The summed E-state index contributed by atoms with van der Waals surface area (Å²) in [7, 11) is 0. The fourth-order valence-electron chi connectivity index (χ4n) is 3.45. The first-order chi connectivity index (χ1) is 16.4. The van der Waals surface area contributed by atoms with Crippen LogP contribution in [0.3, 0.4) is 0 Å². The lowest BCUT2D eigenvalue weighted by Gasteiger charge is -2.14. The van der Waals surface area contributed by atoms with E-state index in [1.807, 2.05) is 20.8 Å². The van der Waals surface area contributed by atoms with Crippen molar-refractivity contribution in [1.29, 1.82) is 0 Å². The highest BCUT2D eigenvalue weighted by molar-refractivity contribution is 6.11. The Labute approximate surface area is 194 Å². The highest BCUT2D eigenvalue weighted by atomic mass is 16.5. The largest absolute Gasteiger partial charge is 0.424 e. The molecule has 0 bridgehead atoms. The summed E-state index contributed by atoms with van der Waals surface area (Å²) in [6.07, 6.45) is 3.81. The van der Waals surface area contributed by atoms with Gasteiger partial charge in [-0.15, -0.1) is 0 Å². The Bertz CT molecular complexity index is 1440. The molecule has 0 aliphatic rings. The zero-order valence-electron chi connectivity index (χ0n) is 19.0. The van der Waals surface area contributed by atoms with Crippen LogP contribution in [-0.4, -0.2) is 30.4 Å². The first-order valence-electron chi connectivity index (χ1n) is 10.9. The van der Waals surface area contributed by atoms with Gasteiger partial charge < -0.3 is 10.1 Å². The van der Waals surface area contributed by atoms with Crippen molar-refractivity contribution in [3.05, 3.63) is 80.9 Å².